The number of hydrogen-bond acceptors (Lipinski definition) is 3. The van der Waals surface area contributed by atoms with Gasteiger partial charge >= 0.3 is 0 Å². The van der Waals surface area contributed by atoms with Gasteiger partial charge in [-0.1, -0.05) is 34.1 Å². The van der Waals surface area contributed by atoms with Crippen LogP contribution in [-0.2, 0) is 6.42 Å². The molecule has 3 nitrogen and oxygen atoms in total. The van der Waals surface area contributed by atoms with E-state index in [1.807, 2.05) is 0 Å². The van der Waals surface area contributed by atoms with E-state index in [0.717, 1.165) is 13.0 Å². The molecule has 2 rings (SSSR count). The Balaban J connectivity index is 2.12. The van der Waals surface area contributed by atoms with Crippen LogP contribution in [-0.4, -0.2) is 62.7 Å². The average molecular weight is 340 g/mol. The summed E-state index contributed by atoms with van der Waals surface area (Å²) in [4.78, 5) is 4.97. The smallest absolute Gasteiger partial charge is 0.0376 e. The van der Waals surface area contributed by atoms with Crippen molar-refractivity contribution in [1.29, 1.82) is 0 Å². The van der Waals surface area contributed by atoms with E-state index in [1.165, 1.54) is 29.5 Å². The topological polar surface area (TPSA) is 18.5 Å². The van der Waals surface area contributed by atoms with E-state index in [9.17, 15) is 0 Å². The number of nitrogens with zero attached hydrogens (tertiary/aromatic N) is 2. The summed E-state index contributed by atoms with van der Waals surface area (Å²) in [6, 6.07) is 9.57. The summed E-state index contributed by atoms with van der Waals surface area (Å²) in [5, 5.41) is 3.54. The molecular weight excluding hydrogens is 314 g/mol. The Morgan fingerprint density at radius 2 is 2.05 bits per heavy atom. The fraction of sp³-hybridized carbons (Fsp3) is 0.625. The van der Waals surface area contributed by atoms with Crippen LogP contribution >= 0.6 is 15.9 Å². The molecule has 0 aliphatic carbocycles. The van der Waals surface area contributed by atoms with Crippen molar-refractivity contribution in [3.63, 3.8) is 0 Å². The molecule has 1 N–H and O–H groups in total. The standard InChI is InChI=1S/C16H26BrN3/c1-18-15(11-13-7-4-5-8-14(13)17)16-12-19(2)9-6-10-20(16)3/h4-5,7-8,15-16,18H,6,9-12H2,1-3H3. The second-order valence-electron chi connectivity index (χ2n) is 5.85. The van der Waals surface area contributed by atoms with Crippen molar-refractivity contribution >= 4 is 15.9 Å². The molecule has 1 heterocycles. The first-order valence-corrected chi connectivity index (χ1v) is 8.20. The zero-order valence-electron chi connectivity index (χ0n) is 12.8. The van der Waals surface area contributed by atoms with Gasteiger partial charge in [0.15, 0.2) is 0 Å². The predicted octanol–water partition coefficient (Wildman–Crippen LogP) is 2.22. The lowest BCUT2D eigenvalue weighted by molar-refractivity contribution is 0.181. The van der Waals surface area contributed by atoms with Crippen molar-refractivity contribution in [1.82, 2.24) is 15.1 Å². The molecule has 1 aromatic rings. The summed E-state index contributed by atoms with van der Waals surface area (Å²) in [5.41, 5.74) is 1.38. The van der Waals surface area contributed by atoms with Gasteiger partial charge in [-0.15, -0.1) is 0 Å². The van der Waals surface area contributed by atoms with Crippen LogP contribution in [0.5, 0.6) is 0 Å². The molecule has 1 fully saturated rings. The Morgan fingerprint density at radius 3 is 2.75 bits per heavy atom. The number of benzene rings is 1. The molecule has 112 valence electrons. The van der Waals surface area contributed by atoms with Gasteiger partial charge in [0.1, 0.15) is 0 Å². The lowest BCUT2D eigenvalue weighted by atomic mass is 9.98. The minimum absolute atomic E-state index is 0.472. The fourth-order valence-corrected chi connectivity index (χ4v) is 3.52. The van der Waals surface area contributed by atoms with Gasteiger partial charge in [0.05, 0.1) is 0 Å². The summed E-state index contributed by atoms with van der Waals surface area (Å²) in [5.74, 6) is 0. The second kappa shape index (κ2) is 7.55. The van der Waals surface area contributed by atoms with E-state index in [0.29, 0.717) is 12.1 Å². The van der Waals surface area contributed by atoms with Crippen LogP contribution in [0.4, 0.5) is 0 Å². The molecule has 0 radical (unpaired) electrons. The first-order chi connectivity index (χ1) is 9.61. The van der Waals surface area contributed by atoms with Crippen LogP contribution in [0.25, 0.3) is 0 Å². The van der Waals surface area contributed by atoms with Crippen molar-refractivity contribution in [2.45, 2.75) is 24.9 Å². The molecule has 0 spiro atoms. The van der Waals surface area contributed by atoms with Crippen LogP contribution in [0.1, 0.15) is 12.0 Å². The van der Waals surface area contributed by atoms with Crippen LogP contribution in [0.15, 0.2) is 28.7 Å². The van der Waals surface area contributed by atoms with Crippen molar-refractivity contribution in [2.75, 3.05) is 40.8 Å². The highest BCUT2D eigenvalue weighted by Crippen LogP contribution is 2.20. The SMILES string of the molecule is CNC(Cc1ccccc1Br)C1CN(C)CCCN1C. The third kappa shape index (κ3) is 4.04. The van der Waals surface area contributed by atoms with Gasteiger partial charge in [-0.3, -0.25) is 0 Å². The van der Waals surface area contributed by atoms with Crippen LogP contribution in [0, 0.1) is 0 Å². The van der Waals surface area contributed by atoms with Crippen LogP contribution < -0.4 is 5.32 Å². The molecule has 0 amide bonds. The molecule has 2 unspecified atom stereocenters. The van der Waals surface area contributed by atoms with Gasteiger partial charge in [-0.25, -0.2) is 0 Å². The van der Waals surface area contributed by atoms with Gasteiger partial charge in [-0.05, 0) is 58.7 Å². The van der Waals surface area contributed by atoms with Gasteiger partial charge in [0, 0.05) is 23.1 Å². The third-order valence-corrected chi connectivity index (χ3v) is 5.12. The highest BCUT2D eigenvalue weighted by Gasteiger charge is 2.27. The van der Waals surface area contributed by atoms with E-state index >= 15 is 0 Å². The van der Waals surface area contributed by atoms with Crippen molar-refractivity contribution in [3.05, 3.63) is 34.3 Å². The summed E-state index contributed by atoms with van der Waals surface area (Å²) >= 11 is 3.67. The summed E-state index contributed by atoms with van der Waals surface area (Å²) in [6.07, 6.45) is 2.32. The Kier molecular flexibility index (Phi) is 6.02. The predicted molar refractivity (Wildman–Crippen MR) is 89.2 cm³/mol. The van der Waals surface area contributed by atoms with E-state index in [-0.39, 0.29) is 0 Å². The fourth-order valence-electron chi connectivity index (χ4n) is 3.07. The summed E-state index contributed by atoms with van der Waals surface area (Å²) < 4.78 is 1.21. The maximum Gasteiger partial charge on any atom is 0.0376 e. The highest BCUT2D eigenvalue weighted by atomic mass is 79.9. The first kappa shape index (κ1) is 16.0. The van der Waals surface area contributed by atoms with E-state index in [1.54, 1.807) is 0 Å². The van der Waals surface area contributed by atoms with Gasteiger partial charge in [-0.2, -0.15) is 0 Å². The van der Waals surface area contributed by atoms with Gasteiger partial charge < -0.3 is 15.1 Å². The van der Waals surface area contributed by atoms with Crippen molar-refractivity contribution in [3.8, 4) is 0 Å². The molecule has 1 aliphatic rings. The minimum Gasteiger partial charge on any atom is -0.315 e. The number of likely N-dealkylation sites (N-methyl/N-ethyl adjacent to an activating group) is 3. The minimum atomic E-state index is 0.472. The maximum absolute atomic E-state index is 3.67. The first-order valence-electron chi connectivity index (χ1n) is 7.41. The molecular formula is C16H26BrN3. The van der Waals surface area contributed by atoms with Crippen LogP contribution in [0.2, 0.25) is 0 Å². The quantitative estimate of drug-likeness (QED) is 0.907. The Morgan fingerprint density at radius 1 is 1.30 bits per heavy atom. The Labute approximate surface area is 131 Å². The van der Waals surface area contributed by atoms with E-state index in [4.69, 9.17) is 0 Å². The normalized spacial score (nSPS) is 23.5. The molecule has 4 heteroatoms. The molecule has 2 atom stereocenters. The number of hydrogen-bond donors (Lipinski definition) is 1. The largest absolute Gasteiger partial charge is 0.315 e. The van der Waals surface area contributed by atoms with Gasteiger partial charge in [0.25, 0.3) is 0 Å². The Hall–Kier alpha value is -0.420. The Bertz CT molecular complexity index is 424. The van der Waals surface area contributed by atoms with Crippen LogP contribution in [0.3, 0.4) is 0 Å². The van der Waals surface area contributed by atoms with Crippen molar-refractivity contribution in [2.24, 2.45) is 0 Å². The number of nitrogens with one attached hydrogen (secondary N) is 1. The zero-order valence-corrected chi connectivity index (χ0v) is 14.4. The van der Waals surface area contributed by atoms with Crippen molar-refractivity contribution < 1.29 is 0 Å². The molecule has 0 bridgehead atoms. The molecule has 20 heavy (non-hydrogen) atoms. The van der Waals surface area contributed by atoms with E-state index < -0.39 is 0 Å². The molecule has 1 saturated heterocycles. The molecule has 0 aromatic heterocycles. The lowest BCUT2D eigenvalue weighted by Crippen LogP contribution is -2.52. The van der Waals surface area contributed by atoms with E-state index in [2.05, 4.69) is 76.5 Å². The van der Waals surface area contributed by atoms with Gasteiger partial charge in [0.2, 0.25) is 0 Å². The summed E-state index contributed by atoms with van der Waals surface area (Å²) in [6.45, 7) is 3.52. The molecule has 1 aliphatic heterocycles. The number of halogens is 1. The highest BCUT2D eigenvalue weighted by molar-refractivity contribution is 9.10. The summed E-state index contributed by atoms with van der Waals surface area (Å²) in [7, 11) is 6.58. The third-order valence-electron chi connectivity index (χ3n) is 4.35. The zero-order chi connectivity index (χ0) is 14.5. The molecule has 0 saturated carbocycles. The lowest BCUT2D eigenvalue weighted by Gasteiger charge is -2.34. The monoisotopic (exact) mass is 339 g/mol. The maximum atomic E-state index is 3.67. The second-order valence-corrected chi connectivity index (χ2v) is 6.71. The molecule has 1 aromatic carbocycles. The average Bonchev–Trinajstić information content (AvgIpc) is 2.60. The number of rotatable bonds is 4.